The molecular formula is C17H19F2N3O5S. The lowest BCUT2D eigenvalue weighted by Gasteiger charge is -2.30. The van der Waals surface area contributed by atoms with Crippen LogP contribution in [0, 0.1) is 11.6 Å². The van der Waals surface area contributed by atoms with Crippen LogP contribution in [0.15, 0.2) is 12.1 Å². The van der Waals surface area contributed by atoms with Gasteiger partial charge in [-0.1, -0.05) is 11.2 Å². The zero-order valence-corrected chi connectivity index (χ0v) is 15.9. The Kier molecular flexibility index (Phi) is 4.74. The number of nitrogens with zero attached hydrogens (tertiary/aromatic N) is 2. The first-order chi connectivity index (χ1) is 13.3. The number of alkyl carbamates (subject to hydrolysis) is 1. The number of carbonyl (C=O) groups excluding carboxylic acids is 2. The molecule has 0 unspecified atom stereocenters. The lowest BCUT2D eigenvalue weighted by molar-refractivity contribution is 0.0714. The van der Waals surface area contributed by atoms with Crippen LogP contribution < -0.4 is 15.1 Å². The average molecular weight is 415 g/mol. The van der Waals surface area contributed by atoms with E-state index in [1.54, 1.807) is 0 Å². The van der Waals surface area contributed by atoms with Crippen molar-refractivity contribution in [3.63, 3.8) is 0 Å². The number of amides is 2. The molecule has 1 aromatic rings. The van der Waals surface area contributed by atoms with E-state index in [9.17, 15) is 22.9 Å². The molecule has 0 aromatic heterocycles. The maximum absolute atomic E-state index is 14.7. The average Bonchev–Trinajstić information content (AvgIpc) is 3.18. The maximum atomic E-state index is 14.7. The van der Waals surface area contributed by atoms with Crippen LogP contribution in [0.3, 0.4) is 0 Å². The quantitative estimate of drug-likeness (QED) is 0.750. The number of hydrogen-bond acceptors (Lipinski definition) is 6. The van der Waals surface area contributed by atoms with E-state index < -0.39 is 46.7 Å². The van der Waals surface area contributed by atoms with Crippen molar-refractivity contribution in [3.05, 3.63) is 23.8 Å². The third-order valence-electron chi connectivity index (χ3n) is 5.16. The number of hydrogen-bond donors (Lipinski definition) is 1. The number of anilines is 2. The summed E-state index contributed by atoms with van der Waals surface area (Å²) in [6, 6.07) is 2.17. The fourth-order valence-corrected chi connectivity index (χ4v) is 4.58. The van der Waals surface area contributed by atoms with E-state index >= 15 is 0 Å². The molecule has 1 aliphatic carbocycles. The van der Waals surface area contributed by atoms with Gasteiger partial charge in [-0.05, 0) is 0 Å². The van der Waals surface area contributed by atoms with Gasteiger partial charge < -0.3 is 24.2 Å². The summed E-state index contributed by atoms with van der Waals surface area (Å²) in [5.41, 5.74) is -1.13. The van der Waals surface area contributed by atoms with Gasteiger partial charge in [-0.15, -0.1) is 0 Å². The lowest BCUT2D eigenvalue weighted by atomic mass is 10.2. The summed E-state index contributed by atoms with van der Waals surface area (Å²) in [6.07, 6.45) is -1.65. The maximum Gasteiger partial charge on any atom is 0.415 e. The molecule has 28 heavy (non-hydrogen) atoms. The van der Waals surface area contributed by atoms with Crippen molar-refractivity contribution in [2.24, 2.45) is 0 Å². The molecule has 2 heterocycles. The molecule has 2 aliphatic heterocycles. The van der Waals surface area contributed by atoms with Crippen LogP contribution in [0.2, 0.25) is 0 Å². The number of ether oxygens (including phenoxy) is 2. The Bertz CT molecular complexity index is 797. The van der Waals surface area contributed by atoms with Gasteiger partial charge in [0.25, 0.3) is 0 Å². The van der Waals surface area contributed by atoms with Crippen molar-refractivity contribution in [2.75, 3.05) is 48.0 Å². The van der Waals surface area contributed by atoms with Crippen LogP contribution in [-0.2, 0) is 20.6 Å². The third kappa shape index (κ3) is 3.32. The highest BCUT2D eigenvalue weighted by atomic mass is 32.2. The molecule has 1 spiro atoms. The zero-order valence-electron chi connectivity index (χ0n) is 15.1. The van der Waals surface area contributed by atoms with Crippen molar-refractivity contribution in [1.82, 2.24) is 5.32 Å². The summed E-state index contributed by atoms with van der Waals surface area (Å²) < 4.78 is 51.2. The fraction of sp³-hybridized carbons (Fsp3) is 0.529. The summed E-state index contributed by atoms with van der Waals surface area (Å²) in [5.74, 6) is -0.890. The summed E-state index contributed by atoms with van der Waals surface area (Å²) >= 11 is -0.966. The highest BCUT2D eigenvalue weighted by Crippen LogP contribution is 2.48. The van der Waals surface area contributed by atoms with E-state index in [4.69, 9.17) is 9.47 Å². The highest BCUT2D eigenvalue weighted by molar-refractivity contribution is 7.91. The topological polar surface area (TPSA) is 94.2 Å². The van der Waals surface area contributed by atoms with Crippen molar-refractivity contribution in [1.29, 1.82) is 0 Å². The Morgan fingerprint density at radius 2 is 2.00 bits per heavy atom. The van der Waals surface area contributed by atoms with Crippen LogP contribution in [0.4, 0.5) is 29.7 Å². The molecule has 8 nitrogen and oxygen atoms in total. The van der Waals surface area contributed by atoms with E-state index in [0.29, 0.717) is 31.0 Å². The van der Waals surface area contributed by atoms with E-state index in [1.807, 2.05) is 0 Å². The highest BCUT2D eigenvalue weighted by Gasteiger charge is 2.66. The summed E-state index contributed by atoms with van der Waals surface area (Å²) in [6.45, 7) is 0.634. The van der Waals surface area contributed by atoms with Crippen LogP contribution in [0.25, 0.3) is 0 Å². The molecule has 2 atom stereocenters. The molecule has 3 aliphatic rings. The van der Waals surface area contributed by atoms with Gasteiger partial charge in [0.2, 0.25) is 0 Å². The molecule has 2 saturated heterocycles. The molecule has 4 rings (SSSR count). The van der Waals surface area contributed by atoms with E-state index in [2.05, 4.69) is 5.32 Å². The number of benzene rings is 1. The first-order valence-electron chi connectivity index (χ1n) is 8.81. The first-order valence-corrected chi connectivity index (χ1v) is 10.3. The molecule has 152 valence electrons. The minimum absolute atomic E-state index is 0.0341. The number of carbonyl (C=O) groups is 2. The summed E-state index contributed by atoms with van der Waals surface area (Å²) in [5, 5.41) is 2.31. The van der Waals surface area contributed by atoms with Gasteiger partial charge in [-0.25, -0.2) is 18.4 Å². The third-order valence-corrected chi connectivity index (χ3v) is 6.43. The van der Waals surface area contributed by atoms with Crippen LogP contribution in [-0.4, -0.2) is 66.6 Å². The number of rotatable bonds is 3. The van der Waals surface area contributed by atoms with E-state index in [0.717, 1.165) is 17.0 Å². The smallest absolute Gasteiger partial charge is 0.415 e. The van der Waals surface area contributed by atoms with Crippen molar-refractivity contribution < 1.29 is 32.4 Å². The second kappa shape index (κ2) is 6.96. The molecule has 1 N–H and O–H groups in total. The Labute approximate surface area is 162 Å². The van der Waals surface area contributed by atoms with E-state index in [-0.39, 0.29) is 17.9 Å². The van der Waals surface area contributed by atoms with Gasteiger partial charge >= 0.3 is 12.2 Å². The van der Waals surface area contributed by atoms with E-state index in [1.165, 1.54) is 11.9 Å². The fourth-order valence-electron chi connectivity index (χ4n) is 3.53. The van der Waals surface area contributed by atoms with Crippen molar-refractivity contribution in [2.45, 2.75) is 18.1 Å². The van der Waals surface area contributed by atoms with Crippen LogP contribution in [0.1, 0.15) is 6.42 Å². The van der Waals surface area contributed by atoms with Gasteiger partial charge in [0.05, 0.1) is 25.3 Å². The zero-order chi connectivity index (χ0) is 20.1. The summed E-state index contributed by atoms with van der Waals surface area (Å²) in [7, 11) is 1.41. The molecule has 1 saturated carbocycles. The standard InChI is InChI=1S/C17H19F2N3O5S/c1-20-15(23)26-13-8-17(13)9-22(16(24)27-17)10-6-11(18)14(12(19)7-10)21-2-4-28(25)5-3-21/h6-7,13H,2-5,8-9H2,1H3,(H,20,23)/t13-,17-/m0/s1. The molecule has 1 aromatic carbocycles. The van der Waals surface area contributed by atoms with Crippen LogP contribution >= 0.6 is 0 Å². The SMILES string of the molecule is CNC(=O)O[C@H]1C[C@]12CN(c1cc(F)c(N3CC[S+]([O-])CC3)c(F)c1)C(=O)O2. The van der Waals surface area contributed by atoms with Gasteiger partial charge in [0.1, 0.15) is 23.3 Å². The predicted octanol–water partition coefficient (Wildman–Crippen LogP) is 1.36. The molecule has 0 radical (unpaired) electrons. The van der Waals surface area contributed by atoms with Gasteiger partial charge in [0.15, 0.2) is 17.2 Å². The molecule has 11 heteroatoms. The lowest BCUT2D eigenvalue weighted by Crippen LogP contribution is -2.41. The Hall–Kier alpha value is -2.27. The Balaban J connectivity index is 1.51. The predicted molar refractivity (Wildman–Crippen MR) is 97.0 cm³/mol. The second-order valence-electron chi connectivity index (χ2n) is 6.96. The number of nitrogens with one attached hydrogen (secondary N) is 1. The second-order valence-corrected chi connectivity index (χ2v) is 8.66. The van der Waals surface area contributed by atoms with Gasteiger partial charge in [0, 0.05) is 25.6 Å². The number of halogens is 2. The Morgan fingerprint density at radius 3 is 2.61 bits per heavy atom. The Morgan fingerprint density at radius 1 is 1.36 bits per heavy atom. The minimum Gasteiger partial charge on any atom is -0.616 e. The van der Waals surface area contributed by atoms with Gasteiger partial charge in [-0.3, -0.25) is 4.90 Å². The summed E-state index contributed by atoms with van der Waals surface area (Å²) in [4.78, 5) is 26.2. The monoisotopic (exact) mass is 415 g/mol. The molecular weight excluding hydrogens is 396 g/mol. The van der Waals surface area contributed by atoms with Gasteiger partial charge in [-0.2, -0.15) is 0 Å². The minimum atomic E-state index is -0.980. The molecule has 0 bridgehead atoms. The molecule has 2 amide bonds. The van der Waals surface area contributed by atoms with Crippen molar-refractivity contribution >= 4 is 34.7 Å². The normalized spacial score (nSPS) is 27.1. The first kappa shape index (κ1) is 19.1. The molecule has 3 fully saturated rings. The largest absolute Gasteiger partial charge is 0.616 e. The van der Waals surface area contributed by atoms with Crippen LogP contribution in [0.5, 0.6) is 0 Å². The van der Waals surface area contributed by atoms with Crippen molar-refractivity contribution in [3.8, 4) is 0 Å².